The van der Waals surface area contributed by atoms with Crippen molar-refractivity contribution in [3.63, 3.8) is 0 Å². The molecule has 0 saturated carbocycles. The minimum absolute atomic E-state index is 0.000000000000000222. The van der Waals surface area contributed by atoms with Crippen molar-refractivity contribution in [1.29, 1.82) is 0 Å². The van der Waals surface area contributed by atoms with Gasteiger partial charge in [0, 0.05) is 0 Å². The molecule has 1 aromatic rings. The summed E-state index contributed by atoms with van der Waals surface area (Å²) in [7, 11) is 0. The molecule has 0 aliphatic carbocycles. The highest BCUT2D eigenvalue weighted by atomic mass is 32.1. The van der Waals surface area contributed by atoms with Crippen LogP contribution in [0.25, 0.3) is 0 Å². The molecular formula is C8H12N2S. The zero-order valence-corrected chi connectivity index (χ0v) is 7.27. The zero-order chi connectivity index (χ0) is 8.69. The molecule has 0 amide bonds. The van der Waals surface area contributed by atoms with E-state index in [1.807, 2.05) is 18.2 Å². The van der Waals surface area contributed by atoms with E-state index in [1.54, 1.807) is 0 Å². The van der Waals surface area contributed by atoms with Crippen LogP contribution in [0.1, 0.15) is 5.56 Å². The average molecular weight is 168 g/mol. The first-order valence-electron chi connectivity index (χ1n) is 3.19. The molecule has 0 aliphatic rings. The summed E-state index contributed by atoms with van der Waals surface area (Å²) >= 11 is 4.09. The van der Waals surface area contributed by atoms with Crippen LogP contribution in [0.5, 0.6) is 0 Å². The Morgan fingerprint density at radius 3 is 1.73 bits per heavy atom. The topological polar surface area (TPSA) is 52.0 Å². The number of benzene rings is 1. The van der Waals surface area contributed by atoms with Crippen LogP contribution in [0.3, 0.4) is 0 Å². The van der Waals surface area contributed by atoms with Crippen molar-refractivity contribution < 1.29 is 0 Å². The van der Waals surface area contributed by atoms with Crippen molar-refractivity contribution in [3.8, 4) is 0 Å². The lowest BCUT2D eigenvalue weighted by Crippen LogP contribution is -2.18. The van der Waals surface area contributed by atoms with E-state index >= 15 is 0 Å². The molecule has 0 aromatic heterocycles. The SMILES string of the molecule is Cc1ccccc1.NC(N)=S. The van der Waals surface area contributed by atoms with Gasteiger partial charge in [0.2, 0.25) is 0 Å². The molecule has 60 valence electrons. The number of hydrogen-bond donors (Lipinski definition) is 2. The maximum atomic E-state index is 4.62. The fraction of sp³-hybridized carbons (Fsp3) is 0.125. The number of rotatable bonds is 0. The minimum Gasteiger partial charge on any atom is -0.377 e. The molecule has 0 spiro atoms. The van der Waals surface area contributed by atoms with E-state index in [0.29, 0.717) is 0 Å². The summed E-state index contributed by atoms with van der Waals surface area (Å²) in [5, 5.41) is 0.000000000000000222. The molecule has 0 heterocycles. The fourth-order valence-electron chi connectivity index (χ4n) is 0.534. The molecule has 4 N–H and O–H groups in total. The normalized spacial score (nSPS) is 7.73. The predicted octanol–water partition coefficient (Wildman–Crippen LogP) is 1.18. The lowest BCUT2D eigenvalue weighted by Gasteiger charge is -1.82. The molecule has 0 unspecified atom stereocenters. The van der Waals surface area contributed by atoms with Crippen molar-refractivity contribution in [1.82, 2.24) is 0 Å². The monoisotopic (exact) mass is 168 g/mol. The van der Waals surface area contributed by atoms with Gasteiger partial charge in [-0.25, -0.2) is 0 Å². The predicted molar refractivity (Wildman–Crippen MR) is 52.2 cm³/mol. The Hall–Kier alpha value is -1.09. The molecule has 0 atom stereocenters. The van der Waals surface area contributed by atoms with Crippen LogP contribution in [0.2, 0.25) is 0 Å². The standard InChI is InChI=1S/C7H8.CH4N2S/c1-7-5-3-2-4-6-7;2-1(3)4/h2-6H,1H3;(H4,2,3,4). The van der Waals surface area contributed by atoms with Crippen LogP contribution in [-0.2, 0) is 0 Å². The first-order valence-corrected chi connectivity index (χ1v) is 3.60. The molecule has 1 rings (SSSR count). The third-order valence-electron chi connectivity index (χ3n) is 0.940. The molecule has 0 saturated heterocycles. The molecule has 11 heavy (non-hydrogen) atoms. The van der Waals surface area contributed by atoms with E-state index in [0.717, 1.165) is 0 Å². The van der Waals surface area contributed by atoms with Gasteiger partial charge in [-0.15, -0.1) is 0 Å². The van der Waals surface area contributed by atoms with E-state index in [2.05, 4.69) is 42.7 Å². The van der Waals surface area contributed by atoms with Crippen LogP contribution in [-0.4, -0.2) is 5.11 Å². The van der Waals surface area contributed by atoms with Crippen LogP contribution < -0.4 is 11.5 Å². The Labute approximate surface area is 72.2 Å². The first kappa shape index (κ1) is 9.91. The van der Waals surface area contributed by atoms with Gasteiger partial charge in [-0.3, -0.25) is 0 Å². The second kappa shape index (κ2) is 5.68. The Balaban J connectivity index is 0.000000218. The van der Waals surface area contributed by atoms with Gasteiger partial charge in [-0.05, 0) is 19.1 Å². The number of thiocarbonyl (C=S) groups is 1. The van der Waals surface area contributed by atoms with Crippen molar-refractivity contribution >= 4 is 17.3 Å². The Bertz CT molecular complexity index is 205. The fourth-order valence-corrected chi connectivity index (χ4v) is 0.534. The van der Waals surface area contributed by atoms with Gasteiger partial charge in [0.1, 0.15) is 0 Å². The van der Waals surface area contributed by atoms with E-state index < -0.39 is 0 Å². The Morgan fingerprint density at radius 1 is 1.18 bits per heavy atom. The van der Waals surface area contributed by atoms with Crippen LogP contribution >= 0.6 is 12.2 Å². The van der Waals surface area contributed by atoms with E-state index in [1.165, 1.54) is 5.56 Å². The van der Waals surface area contributed by atoms with Crippen LogP contribution in [0.4, 0.5) is 0 Å². The van der Waals surface area contributed by atoms with Crippen molar-refractivity contribution in [2.24, 2.45) is 11.5 Å². The lowest BCUT2D eigenvalue weighted by atomic mass is 10.2. The first-order chi connectivity index (χ1) is 5.13. The molecule has 2 nitrogen and oxygen atoms in total. The van der Waals surface area contributed by atoms with Gasteiger partial charge in [0.25, 0.3) is 0 Å². The van der Waals surface area contributed by atoms with Gasteiger partial charge < -0.3 is 11.5 Å². The summed E-state index contributed by atoms with van der Waals surface area (Å²) in [6, 6.07) is 10.3. The largest absolute Gasteiger partial charge is 0.377 e. The van der Waals surface area contributed by atoms with Gasteiger partial charge in [0.05, 0.1) is 0 Å². The summed E-state index contributed by atoms with van der Waals surface area (Å²) in [5.74, 6) is 0. The number of hydrogen-bond acceptors (Lipinski definition) is 1. The molecular weight excluding hydrogens is 156 g/mol. The van der Waals surface area contributed by atoms with Gasteiger partial charge >= 0.3 is 0 Å². The summed E-state index contributed by atoms with van der Waals surface area (Å²) in [4.78, 5) is 0. The maximum absolute atomic E-state index is 4.62. The highest BCUT2D eigenvalue weighted by Crippen LogP contribution is 1.92. The van der Waals surface area contributed by atoms with Crippen LogP contribution in [0, 0.1) is 6.92 Å². The second-order valence-corrected chi connectivity index (χ2v) is 2.53. The van der Waals surface area contributed by atoms with Crippen LogP contribution in [0.15, 0.2) is 30.3 Å². The van der Waals surface area contributed by atoms with Crippen molar-refractivity contribution in [3.05, 3.63) is 35.9 Å². The molecule has 0 bridgehead atoms. The molecule has 0 radical (unpaired) electrons. The maximum Gasteiger partial charge on any atom is 0.160 e. The van der Waals surface area contributed by atoms with Crippen molar-refractivity contribution in [2.45, 2.75) is 6.92 Å². The van der Waals surface area contributed by atoms with Gasteiger partial charge in [0.15, 0.2) is 5.11 Å². The Morgan fingerprint density at radius 2 is 1.55 bits per heavy atom. The summed E-state index contributed by atoms with van der Waals surface area (Å²) in [5.41, 5.74) is 10.6. The molecule has 1 aromatic carbocycles. The Kier molecular flexibility index (Phi) is 5.11. The highest BCUT2D eigenvalue weighted by molar-refractivity contribution is 7.80. The third kappa shape index (κ3) is 8.91. The molecule has 0 aliphatic heterocycles. The minimum atomic E-state index is 0.000000000000000222. The quantitative estimate of drug-likeness (QED) is 0.572. The average Bonchev–Trinajstić information content (AvgIpc) is 1.87. The smallest absolute Gasteiger partial charge is 0.160 e. The van der Waals surface area contributed by atoms with E-state index in [9.17, 15) is 0 Å². The summed E-state index contributed by atoms with van der Waals surface area (Å²) in [6.45, 7) is 2.08. The van der Waals surface area contributed by atoms with Gasteiger partial charge in [-0.2, -0.15) is 0 Å². The van der Waals surface area contributed by atoms with Crippen molar-refractivity contribution in [2.75, 3.05) is 0 Å². The third-order valence-corrected chi connectivity index (χ3v) is 0.940. The summed E-state index contributed by atoms with van der Waals surface area (Å²) < 4.78 is 0. The lowest BCUT2D eigenvalue weighted by molar-refractivity contribution is 1.48. The van der Waals surface area contributed by atoms with Gasteiger partial charge in [-0.1, -0.05) is 35.9 Å². The number of nitrogens with two attached hydrogens (primary N) is 2. The summed E-state index contributed by atoms with van der Waals surface area (Å²) in [6.07, 6.45) is 0. The highest BCUT2D eigenvalue weighted by Gasteiger charge is 1.72. The zero-order valence-electron chi connectivity index (χ0n) is 6.45. The second-order valence-electron chi connectivity index (χ2n) is 2.06. The molecule has 0 fully saturated rings. The molecule has 3 heteroatoms. The van der Waals surface area contributed by atoms with E-state index in [-0.39, 0.29) is 5.11 Å². The van der Waals surface area contributed by atoms with E-state index in [4.69, 9.17) is 0 Å². The number of aryl methyl sites for hydroxylation is 1.